The Balaban J connectivity index is 1.33. The molecule has 0 spiro atoms. The summed E-state index contributed by atoms with van der Waals surface area (Å²) in [6, 6.07) is 6.42. The molecule has 1 aromatic carbocycles. The number of benzene rings is 1. The Hall–Kier alpha value is -2.95. The van der Waals surface area contributed by atoms with Crippen molar-refractivity contribution in [3.63, 3.8) is 0 Å². The molecule has 3 heterocycles. The lowest BCUT2D eigenvalue weighted by Crippen LogP contribution is -2.56. The van der Waals surface area contributed by atoms with Crippen LogP contribution >= 0.6 is 22.9 Å². The molecule has 0 bridgehead atoms. The second-order valence-electron chi connectivity index (χ2n) is 11.7. The van der Waals surface area contributed by atoms with Crippen LogP contribution in [0.15, 0.2) is 24.3 Å². The van der Waals surface area contributed by atoms with E-state index in [1.54, 1.807) is 18.2 Å². The summed E-state index contributed by atoms with van der Waals surface area (Å²) < 4.78 is 0. The molecule has 3 atom stereocenters. The Morgan fingerprint density at radius 1 is 1.10 bits per heavy atom. The molecule has 2 aliphatic rings. The second kappa shape index (κ2) is 10.9. The monoisotopic (exact) mass is 570 g/mol. The molecule has 5 rings (SSSR count). The van der Waals surface area contributed by atoms with E-state index in [1.165, 1.54) is 11.3 Å². The number of rotatable bonds is 5. The highest BCUT2D eigenvalue weighted by Crippen LogP contribution is 2.29. The van der Waals surface area contributed by atoms with E-state index in [2.05, 4.69) is 37.9 Å². The van der Waals surface area contributed by atoms with Gasteiger partial charge in [0.05, 0.1) is 11.7 Å². The van der Waals surface area contributed by atoms with E-state index in [0.717, 1.165) is 41.0 Å². The van der Waals surface area contributed by atoms with E-state index < -0.39 is 6.04 Å². The van der Waals surface area contributed by atoms with E-state index in [4.69, 9.17) is 11.6 Å². The van der Waals surface area contributed by atoms with Gasteiger partial charge in [0.25, 0.3) is 11.8 Å². The first-order chi connectivity index (χ1) is 18.4. The molecule has 1 fully saturated rings. The Labute approximate surface area is 237 Å². The molecule has 0 radical (unpaired) electrons. The number of aromatic amines is 1. The van der Waals surface area contributed by atoms with Crippen LogP contribution < -0.4 is 16.0 Å². The van der Waals surface area contributed by atoms with Crippen LogP contribution in [-0.2, 0) is 17.8 Å². The zero-order valence-electron chi connectivity index (χ0n) is 22.7. The van der Waals surface area contributed by atoms with Gasteiger partial charge < -0.3 is 25.8 Å². The SMILES string of the molecule is CN1CCc2nc(C(=O)N[C@@H]3C[C@@H](C(=O)NC(C)(C)C)CC[C@@H]3NC(=O)c3cc4cc(Cl)ccc4[nH]3)sc2C1. The molecule has 9 nitrogen and oxygen atoms in total. The molecular weight excluding hydrogens is 536 g/mol. The van der Waals surface area contributed by atoms with Gasteiger partial charge in [-0.25, -0.2) is 4.98 Å². The van der Waals surface area contributed by atoms with E-state index in [-0.39, 0.29) is 35.2 Å². The third-order valence-corrected chi connectivity index (χ3v) is 8.61. The fourth-order valence-corrected chi connectivity index (χ4v) is 6.61. The van der Waals surface area contributed by atoms with Crippen molar-refractivity contribution in [2.75, 3.05) is 13.6 Å². The largest absolute Gasteiger partial charge is 0.351 e. The highest BCUT2D eigenvalue weighted by Gasteiger charge is 2.37. The van der Waals surface area contributed by atoms with Crippen molar-refractivity contribution in [3.8, 4) is 0 Å². The average molecular weight is 571 g/mol. The maximum atomic E-state index is 13.4. The number of carbonyl (C=O) groups excluding carboxylic acids is 3. The van der Waals surface area contributed by atoms with Gasteiger partial charge in [-0.1, -0.05) is 11.6 Å². The van der Waals surface area contributed by atoms with Crippen molar-refractivity contribution < 1.29 is 14.4 Å². The van der Waals surface area contributed by atoms with Crippen LogP contribution in [0.1, 0.15) is 70.9 Å². The third-order valence-electron chi connectivity index (χ3n) is 7.30. The van der Waals surface area contributed by atoms with Gasteiger partial charge in [0, 0.05) is 57.8 Å². The van der Waals surface area contributed by atoms with Gasteiger partial charge in [-0.3, -0.25) is 14.4 Å². The Morgan fingerprint density at radius 2 is 1.87 bits per heavy atom. The molecule has 0 saturated heterocycles. The molecule has 208 valence electrons. The van der Waals surface area contributed by atoms with E-state index in [9.17, 15) is 14.4 Å². The third kappa shape index (κ3) is 6.45. The Morgan fingerprint density at radius 3 is 2.64 bits per heavy atom. The van der Waals surface area contributed by atoms with Crippen LogP contribution in [0.3, 0.4) is 0 Å². The van der Waals surface area contributed by atoms with E-state index >= 15 is 0 Å². The van der Waals surface area contributed by atoms with Gasteiger partial charge in [0.1, 0.15) is 5.69 Å². The number of hydrogen-bond acceptors (Lipinski definition) is 6. The van der Waals surface area contributed by atoms with Crippen molar-refractivity contribution in [1.82, 2.24) is 30.8 Å². The highest BCUT2D eigenvalue weighted by molar-refractivity contribution is 7.13. The average Bonchev–Trinajstić information content (AvgIpc) is 3.47. The number of hydrogen-bond donors (Lipinski definition) is 4. The summed E-state index contributed by atoms with van der Waals surface area (Å²) in [5.41, 5.74) is 1.86. The van der Waals surface area contributed by atoms with Crippen molar-refractivity contribution in [1.29, 1.82) is 0 Å². The van der Waals surface area contributed by atoms with E-state index in [1.807, 2.05) is 26.8 Å². The molecule has 4 N–H and O–H groups in total. The number of H-pyrrole nitrogens is 1. The molecule has 1 aliphatic heterocycles. The van der Waals surface area contributed by atoms with Crippen LogP contribution in [-0.4, -0.2) is 63.8 Å². The van der Waals surface area contributed by atoms with Crippen molar-refractivity contribution in [2.24, 2.45) is 5.92 Å². The fourth-order valence-electron chi connectivity index (χ4n) is 5.34. The number of fused-ring (bicyclic) bond motifs is 2. The summed E-state index contributed by atoms with van der Waals surface area (Å²) in [5, 5.41) is 11.2. The molecule has 39 heavy (non-hydrogen) atoms. The van der Waals surface area contributed by atoms with Gasteiger partial charge in [-0.2, -0.15) is 0 Å². The first-order valence-electron chi connectivity index (χ1n) is 13.3. The van der Waals surface area contributed by atoms with Gasteiger partial charge in [0.2, 0.25) is 5.91 Å². The van der Waals surface area contributed by atoms with Gasteiger partial charge in [-0.15, -0.1) is 11.3 Å². The second-order valence-corrected chi connectivity index (χ2v) is 13.2. The maximum Gasteiger partial charge on any atom is 0.280 e. The Bertz CT molecular complexity index is 1410. The van der Waals surface area contributed by atoms with Gasteiger partial charge in [-0.05, 0) is 71.3 Å². The normalized spacial score (nSPS) is 21.8. The molecule has 1 aliphatic carbocycles. The molecule has 3 aromatic rings. The molecular formula is C28H35ClN6O3S. The van der Waals surface area contributed by atoms with Gasteiger partial charge >= 0.3 is 0 Å². The summed E-state index contributed by atoms with van der Waals surface area (Å²) in [6.07, 6.45) is 2.42. The quantitative estimate of drug-likeness (QED) is 0.371. The minimum atomic E-state index is -0.423. The lowest BCUT2D eigenvalue weighted by Gasteiger charge is -2.37. The zero-order chi connectivity index (χ0) is 27.9. The maximum absolute atomic E-state index is 13.4. The fraction of sp³-hybridized carbons (Fsp3) is 0.500. The molecule has 0 unspecified atom stereocenters. The molecule has 11 heteroatoms. The van der Waals surface area contributed by atoms with Crippen LogP contribution in [0.4, 0.5) is 0 Å². The summed E-state index contributed by atoms with van der Waals surface area (Å²) in [5.74, 6) is -0.835. The van der Waals surface area contributed by atoms with Crippen molar-refractivity contribution >= 4 is 51.6 Å². The number of likely N-dealkylation sites (N-methyl/N-ethyl adjacent to an activating group) is 1. The summed E-state index contributed by atoms with van der Waals surface area (Å²) >= 11 is 7.53. The smallest absolute Gasteiger partial charge is 0.280 e. The number of amides is 3. The van der Waals surface area contributed by atoms with Crippen LogP contribution in [0, 0.1) is 5.92 Å². The van der Waals surface area contributed by atoms with Crippen LogP contribution in [0.25, 0.3) is 10.9 Å². The summed E-state index contributed by atoms with van der Waals surface area (Å²) in [6.45, 7) is 7.55. The number of aromatic nitrogens is 2. The van der Waals surface area contributed by atoms with Crippen molar-refractivity contribution in [2.45, 2.75) is 70.6 Å². The summed E-state index contributed by atoms with van der Waals surface area (Å²) in [4.78, 5) is 50.7. The number of carbonyl (C=O) groups is 3. The molecule has 2 aromatic heterocycles. The Kier molecular flexibility index (Phi) is 7.72. The highest BCUT2D eigenvalue weighted by atomic mass is 35.5. The van der Waals surface area contributed by atoms with E-state index in [0.29, 0.717) is 35.0 Å². The van der Waals surface area contributed by atoms with Crippen LogP contribution in [0.2, 0.25) is 5.02 Å². The standard InChI is InChI=1S/C28H35ClN6O3S/c1-28(2,3)34-24(36)15-5-7-19(31-25(37)22-13-16-11-17(29)6-8-18(16)30-22)21(12-15)32-26(38)27-33-20-9-10-35(4)14-23(20)39-27/h6,8,11,13,15,19,21,30H,5,7,9-10,12,14H2,1-4H3,(H,31,37)(H,32,38)(H,34,36)/t15-,19-,21+/m0/s1. The number of thiazole rings is 1. The number of halogens is 1. The molecule has 1 saturated carbocycles. The minimum Gasteiger partial charge on any atom is -0.351 e. The zero-order valence-corrected chi connectivity index (χ0v) is 24.3. The predicted octanol–water partition coefficient (Wildman–Crippen LogP) is 3.88. The predicted molar refractivity (Wildman–Crippen MR) is 153 cm³/mol. The lowest BCUT2D eigenvalue weighted by molar-refractivity contribution is -0.127. The summed E-state index contributed by atoms with van der Waals surface area (Å²) in [7, 11) is 2.06. The van der Waals surface area contributed by atoms with Gasteiger partial charge in [0.15, 0.2) is 5.01 Å². The number of nitrogens with zero attached hydrogens (tertiary/aromatic N) is 2. The topological polar surface area (TPSA) is 119 Å². The first kappa shape index (κ1) is 27.6. The van der Waals surface area contributed by atoms with Crippen LogP contribution in [0.5, 0.6) is 0 Å². The minimum absolute atomic E-state index is 0.0354. The molecule has 3 amide bonds. The van der Waals surface area contributed by atoms with Crippen molar-refractivity contribution in [3.05, 3.63) is 50.6 Å². The lowest BCUT2D eigenvalue weighted by atomic mass is 9.81. The number of nitrogens with one attached hydrogen (secondary N) is 4. The first-order valence-corrected chi connectivity index (χ1v) is 14.5.